The van der Waals surface area contributed by atoms with Gasteiger partial charge in [-0.25, -0.2) is 4.39 Å². The van der Waals surface area contributed by atoms with E-state index < -0.39 is 0 Å². The van der Waals surface area contributed by atoms with Crippen LogP contribution in [0.25, 0.3) is 0 Å². The lowest BCUT2D eigenvalue weighted by molar-refractivity contribution is 0.616. The van der Waals surface area contributed by atoms with Crippen LogP contribution in [-0.2, 0) is 0 Å². The van der Waals surface area contributed by atoms with Crippen molar-refractivity contribution in [2.24, 2.45) is 0 Å². The Kier molecular flexibility index (Phi) is 3.34. The molecule has 1 aromatic carbocycles. The van der Waals surface area contributed by atoms with Crippen molar-refractivity contribution >= 4 is 54.5 Å². The Hall–Kier alpha value is 0.840. The third-order valence-electron chi connectivity index (χ3n) is 1.34. The molecule has 0 radical (unpaired) electrons. The van der Waals surface area contributed by atoms with E-state index in [1.54, 1.807) is 6.92 Å². The number of benzene rings is 1. The molecule has 0 atom stereocenters. The van der Waals surface area contributed by atoms with Gasteiger partial charge in [-0.2, -0.15) is 0 Å². The predicted molar refractivity (Wildman–Crippen MR) is 59.3 cm³/mol. The summed E-state index contributed by atoms with van der Waals surface area (Å²) in [5.41, 5.74) is 0.651. The van der Waals surface area contributed by atoms with Crippen molar-refractivity contribution in [3.8, 4) is 0 Å². The van der Waals surface area contributed by atoms with Crippen molar-refractivity contribution in [3.63, 3.8) is 0 Å². The summed E-state index contributed by atoms with van der Waals surface area (Å²) in [5, 5.41) is 0. The van der Waals surface area contributed by atoms with Crippen LogP contribution in [-0.4, -0.2) is 0 Å². The third-order valence-corrected chi connectivity index (χ3v) is 5.56. The lowest BCUT2D eigenvalue weighted by Gasteiger charge is -2.04. The van der Waals surface area contributed by atoms with E-state index in [0.717, 1.165) is 12.5 Å². The number of hydrogen-bond acceptors (Lipinski definition) is 0. The minimum Gasteiger partial charge on any atom is -0.207 e. The quantitative estimate of drug-likeness (QED) is 0.351. The van der Waals surface area contributed by atoms with Gasteiger partial charge in [-0.1, -0.05) is 0 Å². The van der Waals surface area contributed by atoms with Gasteiger partial charge >= 0.3 is 0 Å². The normalized spacial score (nSPS) is 10.3. The lowest BCUT2D eigenvalue weighted by Crippen LogP contribution is -1.88. The van der Waals surface area contributed by atoms with Crippen LogP contribution in [0.3, 0.4) is 0 Å². The second-order valence-corrected chi connectivity index (χ2v) is 4.82. The molecular weight excluding hydrogens is 390 g/mol. The van der Waals surface area contributed by atoms with Crippen LogP contribution in [0.5, 0.6) is 0 Å². The fourth-order valence-corrected chi connectivity index (χ4v) is 2.29. The SMILES string of the molecule is Cc1c(F)cc(Br)c(I)c1Br. The standard InChI is InChI=1S/C7H4Br2FI/c1-3-5(10)2-4(8)7(11)6(3)9/h2H,1H3. The number of hydrogen-bond donors (Lipinski definition) is 0. The van der Waals surface area contributed by atoms with Crippen molar-refractivity contribution in [1.82, 2.24) is 0 Å². The number of rotatable bonds is 0. The van der Waals surface area contributed by atoms with Gasteiger partial charge in [0.1, 0.15) is 5.82 Å². The smallest absolute Gasteiger partial charge is 0.128 e. The molecule has 0 amide bonds. The molecule has 11 heavy (non-hydrogen) atoms. The Morgan fingerprint density at radius 2 is 2.00 bits per heavy atom. The summed E-state index contributed by atoms with van der Waals surface area (Å²) < 4.78 is 15.6. The van der Waals surface area contributed by atoms with Crippen molar-refractivity contribution < 1.29 is 4.39 Å². The van der Waals surface area contributed by atoms with E-state index in [4.69, 9.17) is 0 Å². The van der Waals surface area contributed by atoms with Crippen LogP contribution in [0.4, 0.5) is 4.39 Å². The summed E-state index contributed by atoms with van der Waals surface area (Å²) in [5.74, 6) is -0.191. The minimum absolute atomic E-state index is 0.191. The molecule has 0 heterocycles. The van der Waals surface area contributed by atoms with E-state index in [1.165, 1.54) is 6.07 Å². The Morgan fingerprint density at radius 1 is 1.45 bits per heavy atom. The summed E-state index contributed by atoms with van der Waals surface area (Å²) in [4.78, 5) is 0. The van der Waals surface area contributed by atoms with Gasteiger partial charge in [0.15, 0.2) is 0 Å². The van der Waals surface area contributed by atoms with Crippen LogP contribution in [0.1, 0.15) is 5.56 Å². The molecule has 0 aliphatic heterocycles. The molecule has 0 saturated carbocycles. The van der Waals surface area contributed by atoms with E-state index in [-0.39, 0.29) is 5.82 Å². The monoisotopic (exact) mass is 392 g/mol. The molecule has 0 saturated heterocycles. The van der Waals surface area contributed by atoms with Gasteiger partial charge in [0, 0.05) is 18.1 Å². The molecule has 0 aromatic heterocycles. The summed E-state index contributed by atoms with van der Waals surface area (Å²) in [6.07, 6.45) is 0. The molecule has 60 valence electrons. The average Bonchev–Trinajstić information content (AvgIpc) is 1.97. The van der Waals surface area contributed by atoms with Gasteiger partial charge in [0.25, 0.3) is 0 Å². The highest BCUT2D eigenvalue weighted by atomic mass is 127. The summed E-state index contributed by atoms with van der Waals surface area (Å²) in [7, 11) is 0. The van der Waals surface area contributed by atoms with Crippen molar-refractivity contribution in [2.45, 2.75) is 6.92 Å². The highest BCUT2D eigenvalue weighted by Gasteiger charge is 2.09. The van der Waals surface area contributed by atoms with Gasteiger partial charge < -0.3 is 0 Å². The Morgan fingerprint density at radius 3 is 2.55 bits per heavy atom. The molecular formula is C7H4Br2FI. The van der Waals surface area contributed by atoms with Crippen LogP contribution in [0.2, 0.25) is 0 Å². The van der Waals surface area contributed by atoms with E-state index in [1.807, 2.05) is 0 Å². The van der Waals surface area contributed by atoms with Crippen molar-refractivity contribution in [2.75, 3.05) is 0 Å². The first-order valence-corrected chi connectivity index (χ1v) is 5.50. The Labute approximate surface area is 95.0 Å². The maximum atomic E-state index is 13.0. The van der Waals surface area contributed by atoms with Gasteiger partial charge in [-0.15, -0.1) is 0 Å². The molecule has 0 unspecified atom stereocenters. The molecule has 0 nitrogen and oxygen atoms in total. The summed E-state index contributed by atoms with van der Waals surface area (Å²) in [6.45, 7) is 1.74. The number of halogens is 4. The fraction of sp³-hybridized carbons (Fsp3) is 0.143. The van der Waals surface area contributed by atoms with Crippen LogP contribution in [0, 0.1) is 16.3 Å². The van der Waals surface area contributed by atoms with Crippen LogP contribution >= 0.6 is 54.5 Å². The molecule has 0 aliphatic rings. The zero-order valence-corrected chi connectivity index (χ0v) is 10.9. The average molecular weight is 394 g/mol. The molecule has 1 rings (SSSR count). The molecule has 0 spiro atoms. The molecule has 0 fully saturated rings. The van der Waals surface area contributed by atoms with Gasteiger partial charge in [0.2, 0.25) is 0 Å². The lowest BCUT2D eigenvalue weighted by atomic mass is 10.2. The Balaban J connectivity index is 3.46. The van der Waals surface area contributed by atoms with E-state index in [2.05, 4.69) is 54.5 Å². The highest BCUT2D eigenvalue weighted by molar-refractivity contribution is 14.1. The first kappa shape index (κ1) is 9.92. The summed E-state index contributed by atoms with van der Waals surface area (Å²) >= 11 is 8.71. The second-order valence-electron chi connectivity index (χ2n) is 2.09. The third kappa shape index (κ3) is 1.95. The second kappa shape index (κ2) is 3.70. The summed E-state index contributed by atoms with van der Waals surface area (Å²) in [6, 6.07) is 1.47. The predicted octanol–water partition coefficient (Wildman–Crippen LogP) is 4.26. The van der Waals surface area contributed by atoms with Gasteiger partial charge in [-0.05, 0) is 67.4 Å². The maximum Gasteiger partial charge on any atom is 0.128 e. The first-order valence-electron chi connectivity index (χ1n) is 2.83. The Bertz CT molecular complexity index is 273. The van der Waals surface area contributed by atoms with Gasteiger partial charge in [-0.3, -0.25) is 0 Å². The van der Waals surface area contributed by atoms with E-state index in [9.17, 15) is 4.39 Å². The van der Waals surface area contributed by atoms with Gasteiger partial charge in [0.05, 0.1) is 0 Å². The van der Waals surface area contributed by atoms with Crippen LogP contribution < -0.4 is 0 Å². The van der Waals surface area contributed by atoms with Crippen molar-refractivity contribution in [1.29, 1.82) is 0 Å². The minimum atomic E-state index is -0.191. The fourth-order valence-electron chi connectivity index (χ4n) is 0.657. The van der Waals surface area contributed by atoms with E-state index in [0.29, 0.717) is 5.56 Å². The zero-order chi connectivity index (χ0) is 8.59. The van der Waals surface area contributed by atoms with Crippen LogP contribution in [0.15, 0.2) is 15.0 Å². The molecule has 0 N–H and O–H groups in total. The first-order chi connectivity index (χ1) is 5.04. The van der Waals surface area contributed by atoms with Crippen molar-refractivity contribution in [3.05, 3.63) is 30.0 Å². The molecule has 0 aliphatic carbocycles. The highest BCUT2D eigenvalue weighted by Crippen LogP contribution is 2.31. The molecule has 0 bridgehead atoms. The molecule has 1 aromatic rings. The zero-order valence-electron chi connectivity index (χ0n) is 5.59. The van der Waals surface area contributed by atoms with E-state index >= 15 is 0 Å². The molecule has 4 heteroatoms. The largest absolute Gasteiger partial charge is 0.207 e. The topological polar surface area (TPSA) is 0 Å². The maximum absolute atomic E-state index is 13.0.